The fourth-order valence-electron chi connectivity index (χ4n) is 2.13. The molecule has 1 heterocycles. The first-order valence-electron chi connectivity index (χ1n) is 6.27. The molecule has 0 spiro atoms. The Hall–Kier alpha value is -1.33. The van der Waals surface area contributed by atoms with Gasteiger partial charge in [0.1, 0.15) is 5.82 Å². The maximum atomic E-state index is 13.6. The fraction of sp³-hybridized carbons (Fsp3) is 0.538. The highest BCUT2D eigenvalue weighted by Gasteiger charge is 2.14. The molecule has 0 bridgehead atoms. The Morgan fingerprint density at radius 3 is 2.83 bits per heavy atom. The van der Waals surface area contributed by atoms with Gasteiger partial charge in [0.15, 0.2) is 0 Å². The van der Waals surface area contributed by atoms with E-state index in [-0.39, 0.29) is 11.9 Å². The summed E-state index contributed by atoms with van der Waals surface area (Å²) in [5.41, 5.74) is 6.47. The van der Waals surface area contributed by atoms with Crippen molar-refractivity contribution >= 4 is 11.4 Å². The highest BCUT2D eigenvalue weighted by molar-refractivity contribution is 5.53. The number of morpholine rings is 1. The molecular formula is C13H20FN3O. The fourth-order valence-corrected chi connectivity index (χ4v) is 2.13. The summed E-state index contributed by atoms with van der Waals surface area (Å²) in [7, 11) is 0. The van der Waals surface area contributed by atoms with Crippen molar-refractivity contribution in [1.82, 2.24) is 4.90 Å². The molecular weight excluding hydrogens is 233 g/mol. The summed E-state index contributed by atoms with van der Waals surface area (Å²) in [5, 5.41) is 3.17. The van der Waals surface area contributed by atoms with Crippen LogP contribution >= 0.6 is 0 Å². The van der Waals surface area contributed by atoms with E-state index >= 15 is 0 Å². The van der Waals surface area contributed by atoms with Crippen molar-refractivity contribution in [3.63, 3.8) is 0 Å². The third kappa shape index (κ3) is 3.58. The molecule has 1 aromatic rings. The average Bonchev–Trinajstić information content (AvgIpc) is 2.34. The van der Waals surface area contributed by atoms with Crippen LogP contribution in [0.25, 0.3) is 0 Å². The highest BCUT2D eigenvalue weighted by atomic mass is 19.1. The van der Waals surface area contributed by atoms with Crippen molar-refractivity contribution in [3.05, 3.63) is 24.0 Å². The third-order valence-corrected chi connectivity index (χ3v) is 3.03. The van der Waals surface area contributed by atoms with Crippen molar-refractivity contribution in [1.29, 1.82) is 0 Å². The van der Waals surface area contributed by atoms with Crippen molar-refractivity contribution < 1.29 is 9.13 Å². The monoisotopic (exact) mass is 253 g/mol. The number of anilines is 2. The van der Waals surface area contributed by atoms with Crippen LogP contribution in [0.15, 0.2) is 18.2 Å². The third-order valence-electron chi connectivity index (χ3n) is 3.03. The van der Waals surface area contributed by atoms with Crippen LogP contribution in [0.1, 0.15) is 6.92 Å². The second-order valence-corrected chi connectivity index (χ2v) is 4.70. The standard InChI is InChI=1S/C13H20FN3O/c1-10(9-17-4-6-18-7-5-17)16-13-3-2-11(15)8-12(13)14/h2-3,8,10,16H,4-7,9,15H2,1H3. The van der Waals surface area contributed by atoms with Crippen LogP contribution in [0.3, 0.4) is 0 Å². The number of hydrogen-bond acceptors (Lipinski definition) is 4. The summed E-state index contributed by atoms with van der Waals surface area (Å²) < 4.78 is 18.9. The van der Waals surface area contributed by atoms with Gasteiger partial charge in [-0.25, -0.2) is 4.39 Å². The van der Waals surface area contributed by atoms with E-state index in [4.69, 9.17) is 10.5 Å². The van der Waals surface area contributed by atoms with Crippen LogP contribution in [0, 0.1) is 5.82 Å². The van der Waals surface area contributed by atoms with Gasteiger partial charge >= 0.3 is 0 Å². The Labute approximate surface area is 107 Å². The smallest absolute Gasteiger partial charge is 0.148 e. The molecule has 2 rings (SSSR count). The molecule has 0 aromatic heterocycles. The molecule has 1 fully saturated rings. The van der Waals surface area contributed by atoms with Crippen LogP contribution in [-0.4, -0.2) is 43.8 Å². The van der Waals surface area contributed by atoms with Crippen LogP contribution in [0.2, 0.25) is 0 Å². The molecule has 0 saturated carbocycles. The number of nitrogens with zero attached hydrogens (tertiary/aromatic N) is 1. The van der Waals surface area contributed by atoms with Gasteiger partial charge in [0.2, 0.25) is 0 Å². The molecule has 100 valence electrons. The Kier molecular flexibility index (Phi) is 4.38. The van der Waals surface area contributed by atoms with E-state index in [2.05, 4.69) is 10.2 Å². The van der Waals surface area contributed by atoms with Gasteiger partial charge in [-0.2, -0.15) is 0 Å². The molecule has 5 heteroatoms. The molecule has 3 N–H and O–H groups in total. The lowest BCUT2D eigenvalue weighted by Crippen LogP contribution is -2.42. The SMILES string of the molecule is CC(CN1CCOCC1)Nc1ccc(N)cc1F. The van der Waals surface area contributed by atoms with Gasteiger partial charge in [-0.3, -0.25) is 4.90 Å². The Bertz CT molecular complexity index is 394. The highest BCUT2D eigenvalue weighted by Crippen LogP contribution is 2.18. The van der Waals surface area contributed by atoms with E-state index in [9.17, 15) is 4.39 Å². The number of hydrogen-bond donors (Lipinski definition) is 2. The van der Waals surface area contributed by atoms with Crippen LogP contribution in [-0.2, 0) is 4.74 Å². The summed E-state index contributed by atoms with van der Waals surface area (Å²) >= 11 is 0. The van der Waals surface area contributed by atoms with Gasteiger partial charge < -0.3 is 15.8 Å². The van der Waals surface area contributed by atoms with Crippen molar-refractivity contribution in [3.8, 4) is 0 Å². The molecule has 4 nitrogen and oxygen atoms in total. The zero-order valence-corrected chi connectivity index (χ0v) is 10.7. The predicted molar refractivity (Wildman–Crippen MR) is 71.2 cm³/mol. The average molecular weight is 253 g/mol. The number of nitrogens with one attached hydrogen (secondary N) is 1. The molecule has 1 aromatic carbocycles. The number of nitrogen functional groups attached to an aromatic ring is 1. The van der Waals surface area contributed by atoms with E-state index in [1.807, 2.05) is 6.92 Å². The number of benzene rings is 1. The number of rotatable bonds is 4. The molecule has 1 aliphatic rings. The Morgan fingerprint density at radius 2 is 2.17 bits per heavy atom. The summed E-state index contributed by atoms with van der Waals surface area (Å²) in [4.78, 5) is 2.32. The minimum Gasteiger partial charge on any atom is -0.399 e. The molecule has 1 saturated heterocycles. The second kappa shape index (κ2) is 6.02. The first-order valence-corrected chi connectivity index (χ1v) is 6.27. The minimum atomic E-state index is -0.302. The molecule has 1 aliphatic heterocycles. The van der Waals surface area contributed by atoms with E-state index in [1.165, 1.54) is 6.07 Å². The summed E-state index contributed by atoms with van der Waals surface area (Å²) in [6, 6.07) is 4.90. The van der Waals surface area contributed by atoms with Crippen molar-refractivity contribution in [2.45, 2.75) is 13.0 Å². The first-order chi connectivity index (χ1) is 8.65. The van der Waals surface area contributed by atoms with Gasteiger partial charge in [0, 0.05) is 31.4 Å². The van der Waals surface area contributed by atoms with Crippen LogP contribution < -0.4 is 11.1 Å². The van der Waals surface area contributed by atoms with Crippen LogP contribution in [0.5, 0.6) is 0 Å². The normalized spacial score (nSPS) is 18.6. The number of nitrogens with two attached hydrogens (primary N) is 1. The minimum absolute atomic E-state index is 0.182. The summed E-state index contributed by atoms with van der Waals surface area (Å²) in [6.45, 7) is 6.37. The zero-order chi connectivity index (χ0) is 13.0. The molecule has 0 amide bonds. The number of halogens is 1. The topological polar surface area (TPSA) is 50.5 Å². The largest absolute Gasteiger partial charge is 0.399 e. The number of ether oxygens (including phenoxy) is 1. The Balaban J connectivity index is 1.87. The first kappa shape index (κ1) is 13.1. The van der Waals surface area contributed by atoms with Gasteiger partial charge in [-0.15, -0.1) is 0 Å². The Morgan fingerprint density at radius 1 is 1.44 bits per heavy atom. The quantitative estimate of drug-likeness (QED) is 0.799. The molecule has 1 atom stereocenters. The second-order valence-electron chi connectivity index (χ2n) is 4.70. The van der Waals surface area contributed by atoms with Crippen molar-refractivity contribution in [2.75, 3.05) is 43.9 Å². The summed E-state index contributed by atoms with van der Waals surface area (Å²) in [6.07, 6.45) is 0. The van der Waals surface area contributed by atoms with E-state index < -0.39 is 0 Å². The lowest BCUT2D eigenvalue weighted by Gasteiger charge is -2.29. The van der Waals surface area contributed by atoms with Gasteiger partial charge in [-0.1, -0.05) is 0 Å². The lowest BCUT2D eigenvalue weighted by molar-refractivity contribution is 0.0368. The van der Waals surface area contributed by atoms with E-state index in [0.717, 1.165) is 32.8 Å². The maximum Gasteiger partial charge on any atom is 0.148 e. The predicted octanol–water partition coefficient (Wildman–Crippen LogP) is 1.54. The van der Waals surface area contributed by atoms with E-state index in [1.54, 1.807) is 12.1 Å². The molecule has 18 heavy (non-hydrogen) atoms. The van der Waals surface area contributed by atoms with E-state index in [0.29, 0.717) is 11.4 Å². The van der Waals surface area contributed by atoms with Gasteiger partial charge in [-0.05, 0) is 25.1 Å². The summed E-state index contributed by atoms with van der Waals surface area (Å²) in [5.74, 6) is -0.302. The lowest BCUT2D eigenvalue weighted by atomic mass is 10.2. The van der Waals surface area contributed by atoms with Crippen molar-refractivity contribution in [2.24, 2.45) is 0 Å². The maximum absolute atomic E-state index is 13.6. The molecule has 1 unspecified atom stereocenters. The zero-order valence-electron chi connectivity index (χ0n) is 10.7. The van der Waals surface area contributed by atoms with Crippen LogP contribution in [0.4, 0.5) is 15.8 Å². The molecule has 0 radical (unpaired) electrons. The van der Waals surface area contributed by atoms with Gasteiger partial charge in [0.25, 0.3) is 0 Å². The molecule has 0 aliphatic carbocycles. The van der Waals surface area contributed by atoms with Gasteiger partial charge in [0.05, 0.1) is 18.9 Å².